The Bertz CT molecular complexity index is 611. The maximum atomic E-state index is 10.6. The van der Waals surface area contributed by atoms with Gasteiger partial charge < -0.3 is 15.6 Å². The molecule has 1 aliphatic heterocycles. The second kappa shape index (κ2) is 3.75. The van der Waals surface area contributed by atoms with Gasteiger partial charge in [0, 0.05) is 28.4 Å². The molecule has 1 saturated heterocycles. The number of rotatable bonds is 0. The lowest BCUT2D eigenvalue weighted by Crippen LogP contribution is -2.59. The maximum absolute atomic E-state index is 10.6. The fourth-order valence-electron chi connectivity index (χ4n) is 7.13. The van der Waals surface area contributed by atoms with Gasteiger partial charge in [-0.3, -0.25) is 0 Å². The summed E-state index contributed by atoms with van der Waals surface area (Å²) in [7, 11) is 0. The van der Waals surface area contributed by atoms with Crippen LogP contribution < -0.4 is 5.73 Å². The largest absolute Gasteiger partial charge is 0.490 e. The van der Waals surface area contributed by atoms with Crippen LogP contribution in [0.3, 0.4) is 0 Å². The molecule has 3 heteroatoms. The number of aliphatic hydroxyl groups excluding tert-OH is 1. The summed E-state index contributed by atoms with van der Waals surface area (Å²) in [5.74, 6) is 2.77. The smallest absolute Gasteiger partial charge is 0.116 e. The van der Waals surface area contributed by atoms with E-state index in [4.69, 9.17) is 10.5 Å². The summed E-state index contributed by atoms with van der Waals surface area (Å²) in [5.41, 5.74) is 7.16. The molecule has 4 fully saturated rings. The van der Waals surface area contributed by atoms with Crippen molar-refractivity contribution in [3.8, 4) is 0 Å². The lowest BCUT2D eigenvalue weighted by Gasteiger charge is -2.57. The number of hydrogen-bond acceptors (Lipinski definition) is 3. The summed E-state index contributed by atoms with van der Waals surface area (Å²) >= 11 is 0. The summed E-state index contributed by atoms with van der Waals surface area (Å²) in [6, 6.07) is 0. The summed E-state index contributed by atoms with van der Waals surface area (Å²) < 4.78 is 6.78. The molecule has 0 radical (unpaired) electrons. The molecule has 7 atom stereocenters. The zero-order valence-corrected chi connectivity index (χ0v) is 13.6. The monoisotopic (exact) mass is 301 g/mol. The molecular formula is C19H27NO2. The molecule has 120 valence electrons. The standard InChI is InChI=1S/C19H27NO2/c1-17-7-6-14-18(2)11-5-8-19(14,13(17)3-4-15(17)21)22-16(18)10-12(20)9-11/h9-11,13-15,21H,3-8,20H2,1-2H3/t11?,13-,14?,15+,17+,18+,19?/m1/s1. The third kappa shape index (κ3) is 1.23. The predicted molar refractivity (Wildman–Crippen MR) is 84.6 cm³/mol. The Morgan fingerprint density at radius 2 is 1.95 bits per heavy atom. The highest BCUT2D eigenvalue weighted by Crippen LogP contribution is 2.73. The number of ether oxygens (including phenoxy) is 1. The van der Waals surface area contributed by atoms with E-state index in [1.807, 2.05) is 0 Å². The first-order chi connectivity index (χ1) is 10.4. The van der Waals surface area contributed by atoms with Crippen molar-refractivity contribution in [3.63, 3.8) is 0 Å². The highest BCUT2D eigenvalue weighted by molar-refractivity contribution is 5.38. The first-order valence-electron chi connectivity index (χ1n) is 8.98. The normalized spacial score (nSPS) is 58.3. The molecule has 0 spiro atoms. The zero-order chi connectivity index (χ0) is 15.3. The van der Waals surface area contributed by atoms with Crippen molar-refractivity contribution in [2.75, 3.05) is 0 Å². The van der Waals surface area contributed by atoms with E-state index < -0.39 is 0 Å². The van der Waals surface area contributed by atoms with Gasteiger partial charge in [0.15, 0.2) is 0 Å². The Hall–Kier alpha value is -0.960. The maximum Gasteiger partial charge on any atom is 0.116 e. The molecule has 1 heterocycles. The van der Waals surface area contributed by atoms with E-state index in [9.17, 15) is 5.11 Å². The molecule has 3 nitrogen and oxygen atoms in total. The van der Waals surface area contributed by atoms with Gasteiger partial charge in [-0.05, 0) is 50.5 Å². The van der Waals surface area contributed by atoms with Crippen LogP contribution in [0.4, 0.5) is 0 Å². The fraction of sp³-hybridized carbons (Fsp3) is 0.789. The highest BCUT2D eigenvalue weighted by atomic mass is 16.5. The van der Waals surface area contributed by atoms with Crippen LogP contribution in [0.1, 0.15) is 52.4 Å². The van der Waals surface area contributed by atoms with Gasteiger partial charge in [-0.1, -0.05) is 19.9 Å². The third-order valence-electron chi connectivity index (χ3n) is 8.30. The molecule has 5 rings (SSSR count). The van der Waals surface area contributed by atoms with E-state index in [1.165, 1.54) is 12.8 Å². The van der Waals surface area contributed by atoms with Gasteiger partial charge in [-0.2, -0.15) is 0 Å². The summed E-state index contributed by atoms with van der Waals surface area (Å²) in [6.45, 7) is 4.72. The van der Waals surface area contributed by atoms with Crippen molar-refractivity contribution >= 4 is 0 Å². The molecule has 3 N–H and O–H groups in total. The Morgan fingerprint density at radius 3 is 2.77 bits per heavy atom. The summed E-state index contributed by atoms with van der Waals surface area (Å²) in [4.78, 5) is 0. The molecular weight excluding hydrogens is 274 g/mol. The average molecular weight is 301 g/mol. The van der Waals surface area contributed by atoms with Crippen LogP contribution >= 0.6 is 0 Å². The van der Waals surface area contributed by atoms with Crippen LogP contribution in [-0.4, -0.2) is 16.8 Å². The van der Waals surface area contributed by atoms with Gasteiger partial charge in [0.2, 0.25) is 0 Å². The SMILES string of the molecule is C[C@]12C3=CC(N)=CC1CCC1(O3)C2CC[C@]2(C)[C@@H](O)CC[C@@H]12. The number of aliphatic hydroxyl groups is 1. The number of hydrogen-bond donors (Lipinski definition) is 2. The van der Waals surface area contributed by atoms with Crippen molar-refractivity contribution in [3.05, 3.63) is 23.6 Å². The minimum Gasteiger partial charge on any atom is -0.490 e. The van der Waals surface area contributed by atoms with Crippen molar-refractivity contribution in [2.24, 2.45) is 34.3 Å². The lowest BCUT2D eigenvalue weighted by molar-refractivity contribution is -0.156. The van der Waals surface area contributed by atoms with E-state index in [-0.39, 0.29) is 22.5 Å². The van der Waals surface area contributed by atoms with Crippen molar-refractivity contribution in [2.45, 2.75) is 64.1 Å². The number of allylic oxidation sites excluding steroid dienone is 3. The van der Waals surface area contributed by atoms with Gasteiger partial charge in [0.1, 0.15) is 11.4 Å². The van der Waals surface area contributed by atoms with E-state index in [0.29, 0.717) is 17.8 Å². The topological polar surface area (TPSA) is 55.5 Å². The van der Waals surface area contributed by atoms with Gasteiger partial charge in [-0.25, -0.2) is 0 Å². The Morgan fingerprint density at radius 1 is 1.14 bits per heavy atom. The Kier molecular flexibility index (Phi) is 2.29. The fourth-order valence-corrected chi connectivity index (χ4v) is 7.13. The van der Waals surface area contributed by atoms with E-state index in [1.54, 1.807) is 0 Å². The van der Waals surface area contributed by atoms with E-state index in [0.717, 1.165) is 37.1 Å². The average Bonchev–Trinajstić information content (AvgIpc) is 2.89. The van der Waals surface area contributed by atoms with Gasteiger partial charge in [0.05, 0.1) is 6.10 Å². The summed E-state index contributed by atoms with van der Waals surface area (Å²) in [5, 5.41) is 10.6. The predicted octanol–water partition coefficient (Wildman–Crippen LogP) is 3.10. The van der Waals surface area contributed by atoms with Crippen LogP contribution in [0.5, 0.6) is 0 Å². The van der Waals surface area contributed by atoms with Crippen LogP contribution in [0.15, 0.2) is 23.6 Å². The quantitative estimate of drug-likeness (QED) is 0.723. The second-order valence-corrected chi connectivity index (χ2v) is 8.90. The molecule has 22 heavy (non-hydrogen) atoms. The van der Waals surface area contributed by atoms with Gasteiger partial charge in [0.25, 0.3) is 0 Å². The molecule has 4 aliphatic carbocycles. The summed E-state index contributed by atoms with van der Waals surface area (Å²) in [6.07, 6.45) is 10.9. The second-order valence-electron chi connectivity index (χ2n) is 8.90. The highest BCUT2D eigenvalue weighted by Gasteiger charge is 2.73. The molecule has 0 aromatic carbocycles. The minimum atomic E-state index is -0.151. The Labute approximate surface area is 132 Å². The van der Waals surface area contributed by atoms with Gasteiger partial charge >= 0.3 is 0 Å². The third-order valence-corrected chi connectivity index (χ3v) is 8.30. The number of nitrogens with two attached hydrogens (primary N) is 1. The lowest BCUT2D eigenvalue weighted by atomic mass is 9.46. The van der Waals surface area contributed by atoms with Crippen molar-refractivity contribution in [1.29, 1.82) is 0 Å². The zero-order valence-electron chi connectivity index (χ0n) is 13.6. The van der Waals surface area contributed by atoms with Crippen LogP contribution in [0, 0.1) is 28.6 Å². The van der Waals surface area contributed by atoms with Crippen molar-refractivity contribution < 1.29 is 9.84 Å². The molecule has 0 aromatic rings. The molecule has 0 aromatic heterocycles. The van der Waals surface area contributed by atoms with Crippen LogP contribution in [0.25, 0.3) is 0 Å². The minimum absolute atomic E-state index is 0.0416. The molecule has 3 unspecified atom stereocenters. The Balaban J connectivity index is 1.67. The molecule has 2 bridgehead atoms. The van der Waals surface area contributed by atoms with E-state index in [2.05, 4.69) is 26.0 Å². The molecule has 0 amide bonds. The first kappa shape index (κ1) is 13.5. The van der Waals surface area contributed by atoms with Crippen LogP contribution in [-0.2, 0) is 4.74 Å². The van der Waals surface area contributed by atoms with E-state index >= 15 is 0 Å². The van der Waals surface area contributed by atoms with Gasteiger partial charge in [-0.15, -0.1) is 0 Å². The van der Waals surface area contributed by atoms with Crippen molar-refractivity contribution in [1.82, 2.24) is 0 Å². The van der Waals surface area contributed by atoms with Crippen LogP contribution in [0.2, 0.25) is 0 Å². The first-order valence-corrected chi connectivity index (χ1v) is 8.98. The molecule has 5 aliphatic rings. The number of fused-ring (bicyclic) bond motifs is 1. The molecule has 3 saturated carbocycles.